The van der Waals surface area contributed by atoms with E-state index in [1.807, 2.05) is 31.2 Å². The topological polar surface area (TPSA) is 74.3 Å². The summed E-state index contributed by atoms with van der Waals surface area (Å²) in [5.74, 6) is -0.517. The van der Waals surface area contributed by atoms with Crippen molar-refractivity contribution in [2.75, 3.05) is 20.1 Å². The highest BCUT2D eigenvalue weighted by atomic mass is 16.2. The van der Waals surface area contributed by atoms with Gasteiger partial charge in [0.2, 0.25) is 5.91 Å². The second kappa shape index (κ2) is 8.10. The summed E-state index contributed by atoms with van der Waals surface area (Å²) in [6.45, 7) is 3.89. The number of likely N-dealkylation sites (tertiary alicyclic amines) is 1. The molecule has 0 radical (unpaired) electrons. The van der Waals surface area contributed by atoms with Crippen LogP contribution in [-0.4, -0.2) is 47.9 Å². The van der Waals surface area contributed by atoms with Crippen molar-refractivity contribution in [2.24, 2.45) is 5.92 Å². The lowest BCUT2D eigenvalue weighted by Crippen LogP contribution is -2.45. The second-order valence-electron chi connectivity index (χ2n) is 6.67. The van der Waals surface area contributed by atoms with Crippen LogP contribution in [0.15, 0.2) is 48.7 Å². The van der Waals surface area contributed by atoms with Gasteiger partial charge < -0.3 is 10.6 Å². The molecular weight excluding hydrogens is 328 g/mol. The molecule has 0 unspecified atom stereocenters. The van der Waals surface area contributed by atoms with Gasteiger partial charge in [0, 0.05) is 38.6 Å². The Labute approximate surface area is 153 Å². The molecule has 0 aliphatic carbocycles. The van der Waals surface area contributed by atoms with E-state index in [0.29, 0.717) is 18.7 Å². The molecule has 2 heterocycles. The van der Waals surface area contributed by atoms with Crippen LogP contribution in [0.3, 0.4) is 0 Å². The van der Waals surface area contributed by atoms with Gasteiger partial charge in [-0.25, -0.2) is 0 Å². The summed E-state index contributed by atoms with van der Waals surface area (Å²) in [5, 5.41) is 5.73. The number of hydrogen-bond acceptors (Lipinski definition) is 4. The molecule has 0 bridgehead atoms. The van der Waals surface area contributed by atoms with Gasteiger partial charge in [-0.05, 0) is 24.6 Å². The summed E-state index contributed by atoms with van der Waals surface area (Å²) >= 11 is 0. The normalized spacial score (nSPS) is 19.9. The van der Waals surface area contributed by atoms with E-state index in [0.717, 1.165) is 12.2 Å². The summed E-state index contributed by atoms with van der Waals surface area (Å²) in [6.07, 6.45) is 1.57. The van der Waals surface area contributed by atoms with E-state index in [9.17, 15) is 9.59 Å². The Kier molecular flexibility index (Phi) is 5.63. The molecular formula is C20H24N4O2. The van der Waals surface area contributed by atoms with Crippen molar-refractivity contribution in [3.63, 3.8) is 0 Å². The highest BCUT2D eigenvalue weighted by molar-refractivity contribution is 5.94. The van der Waals surface area contributed by atoms with Crippen LogP contribution in [-0.2, 0) is 11.3 Å². The van der Waals surface area contributed by atoms with Gasteiger partial charge in [0.05, 0.1) is 17.5 Å². The van der Waals surface area contributed by atoms with Crippen LogP contribution >= 0.6 is 0 Å². The lowest BCUT2D eigenvalue weighted by Gasteiger charge is -2.18. The van der Waals surface area contributed by atoms with Gasteiger partial charge in [-0.2, -0.15) is 0 Å². The van der Waals surface area contributed by atoms with Gasteiger partial charge in [-0.15, -0.1) is 0 Å². The first-order valence-electron chi connectivity index (χ1n) is 8.78. The van der Waals surface area contributed by atoms with E-state index in [-0.39, 0.29) is 23.8 Å². The monoisotopic (exact) mass is 352 g/mol. The van der Waals surface area contributed by atoms with E-state index in [4.69, 9.17) is 0 Å². The molecule has 1 aliphatic rings. The third kappa shape index (κ3) is 4.26. The van der Waals surface area contributed by atoms with Gasteiger partial charge in [0.15, 0.2) is 0 Å². The van der Waals surface area contributed by atoms with Crippen molar-refractivity contribution in [3.8, 4) is 0 Å². The van der Waals surface area contributed by atoms with E-state index in [2.05, 4.69) is 32.7 Å². The smallest absolute Gasteiger partial charge is 0.253 e. The van der Waals surface area contributed by atoms with Crippen molar-refractivity contribution in [1.82, 2.24) is 20.5 Å². The second-order valence-corrected chi connectivity index (χ2v) is 6.67. The number of nitrogens with zero attached hydrogens (tertiary/aromatic N) is 2. The molecule has 6 nitrogen and oxygen atoms in total. The fraction of sp³-hybridized carbons (Fsp3) is 0.350. The fourth-order valence-corrected chi connectivity index (χ4v) is 3.31. The van der Waals surface area contributed by atoms with Crippen LogP contribution < -0.4 is 10.6 Å². The number of benzene rings is 1. The fourth-order valence-electron chi connectivity index (χ4n) is 3.31. The van der Waals surface area contributed by atoms with Crippen molar-refractivity contribution in [2.45, 2.75) is 19.5 Å². The lowest BCUT2D eigenvalue weighted by molar-refractivity contribution is -0.124. The average molecular weight is 352 g/mol. The van der Waals surface area contributed by atoms with Crippen molar-refractivity contribution >= 4 is 11.8 Å². The van der Waals surface area contributed by atoms with Gasteiger partial charge in [-0.3, -0.25) is 19.5 Å². The Morgan fingerprint density at radius 1 is 1.15 bits per heavy atom. The summed E-state index contributed by atoms with van der Waals surface area (Å²) in [4.78, 5) is 31.2. The highest BCUT2D eigenvalue weighted by Gasteiger charge is 2.38. The molecule has 1 saturated heterocycles. The molecule has 1 aliphatic heterocycles. The van der Waals surface area contributed by atoms with Gasteiger partial charge in [-0.1, -0.05) is 30.3 Å². The quantitative estimate of drug-likeness (QED) is 0.852. The van der Waals surface area contributed by atoms with Crippen LogP contribution in [0, 0.1) is 12.8 Å². The zero-order chi connectivity index (χ0) is 18.5. The third-order valence-corrected chi connectivity index (χ3v) is 4.72. The number of carbonyl (C=O) groups is 2. The zero-order valence-electron chi connectivity index (χ0n) is 15.1. The van der Waals surface area contributed by atoms with Crippen molar-refractivity contribution < 1.29 is 9.59 Å². The summed E-state index contributed by atoms with van der Waals surface area (Å²) in [7, 11) is 1.63. The summed E-state index contributed by atoms with van der Waals surface area (Å²) < 4.78 is 0. The van der Waals surface area contributed by atoms with Crippen LogP contribution in [0.5, 0.6) is 0 Å². The van der Waals surface area contributed by atoms with Crippen molar-refractivity contribution in [3.05, 3.63) is 65.5 Å². The number of aryl methyl sites for hydroxylation is 1. The Hall–Kier alpha value is -2.73. The molecule has 26 heavy (non-hydrogen) atoms. The Bertz CT molecular complexity index is 761. The van der Waals surface area contributed by atoms with E-state index in [1.165, 1.54) is 5.56 Å². The standard InChI is InChI=1S/C20H24N4O2/c1-14-8-9-16(10-22-14)19(25)23-18-13-24(12-17(18)20(26)21-2)11-15-6-4-3-5-7-15/h3-10,17-18H,11-13H2,1-2H3,(H,21,26)(H,23,25)/t17-,18-/m0/s1. The van der Waals surface area contributed by atoms with Gasteiger partial charge in [0.25, 0.3) is 5.91 Å². The molecule has 2 N–H and O–H groups in total. The van der Waals surface area contributed by atoms with E-state index >= 15 is 0 Å². The van der Waals surface area contributed by atoms with Gasteiger partial charge in [0.1, 0.15) is 0 Å². The predicted molar refractivity (Wildman–Crippen MR) is 99.5 cm³/mol. The van der Waals surface area contributed by atoms with Crippen molar-refractivity contribution in [1.29, 1.82) is 0 Å². The first-order valence-corrected chi connectivity index (χ1v) is 8.78. The molecule has 0 saturated carbocycles. The molecule has 136 valence electrons. The predicted octanol–water partition coefficient (Wildman–Crippen LogP) is 1.37. The molecule has 1 aromatic carbocycles. The average Bonchev–Trinajstić information content (AvgIpc) is 3.04. The van der Waals surface area contributed by atoms with Crippen LogP contribution in [0.4, 0.5) is 0 Å². The minimum Gasteiger partial charge on any atom is -0.359 e. The Morgan fingerprint density at radius 3 is 2.58 bits per heavy atom. The molecule has 1 aromatic heterocycles. The zero-order valence-corrected chi connectivity index (χ0v) is 15.1. The van der Waals surface area contributed by atoms with E-state index in [1.54, 1.807) is 19.3 Å². The van der Waals surface area contributed by atoms with Crippen LogP contribution in [0.1, 0.15) is 21.6 Å². The lowest BCUT2D eigenvalue weighted by atomic mass is 10.0. The summed E-state index contributed by atoms with van der Waals surface area (Å²) in [5.41, 5.74) is 2.56. The first kappa shape index (κ1) is 18.1. The number of nitrogens with one attached hydrogen (secondary N) is 2. The van der Waals surface area contributed by atoms with Crippen LogP contribution in [0.2, 0.25) is 0 Å². The summed E-state index contributed by atoms with van der Waals surface area (Å²) in [6, 6.07) is 13.5. The molecule has 2 aromatic rings. The number of aromatic nitrogens is 1. The minimum atomic E-state index is -0.272. The Morgan fingerprint density at radius 2 is 1.92 bits per heavy atom. The number of amides is 2. The number of hydrogen-bond donors (Lipinski definition) is 2. The first-order chi connectivity index (χ1) is 12.6. The SMILES string of the molecule is CNC(=O)[C@H]1CN(Cc2ccccc2)C[C@@H]1NC(=O)c1ccc(C)nc1. The molecule has 6 heteroatoms. The Balaban J connectivity index is 1.69. The molecule has 2 amide bonds. The molecule has 2 atom stereocenters. The number of pyridine rings is 1. The molecule has 3 rings (SSSR count). The maximum Gasteiger partial charge on any atom is 0.253 e. The van der Waals surface area contributed by atoms with Crippen LogP contribution in [0.25, 0.3) is 0 Å². The largest absolute Gasteiger partial charge is 0.359 e. The number of rotatable bonds is 5. The third-order valence-electron chi connectivity index (χ3n) is 4.72. The minimum absolute atomic E-state index is 0.0482. The number of carbonyl (C=O) groups excluding carboxylic acids is 2. The maximum absolute atomic E-state index is 12.5. The molecule has 1 fully saturated rings. The highest BCUT2D eigenvalue weighted by Crippen LogP contribution is 2.20. The van der Waals surface area contributed by atoms with E-state index < -0.39 is 0 Å². The van der Waals surface area contributed by atoms with Gasteiger partial charge >= 0.3 is 0 Å². The molecule has 0 spiro atoms. The maximum atomic E-state index is 12.5.